The molecule has 0 spiro atoms. The van der Waals surface area contributed by atoms with Crippen molar-refractivity contribution in [1.29, 1.82) is 0 Å². The maximum atomic E-state index is 12.9. The van der Waals surface area contributed by atoms with Gasteiger partial charge in [0.25, 0.3) is 0 Å². The highest BCUT2D eigenvalue weighted by molar-refractivity contribution is 6.30. The van der Waals surface area contributed by atoms with Gasteiger partial charge >= 0.3 is 5.97 Å². The third-order valence-corrected chi connectivity index (χ3v) is 4.71. The van der Waals surface area contributed by atoms with Gasteiger partial charge in [0.15, 0.2) is 5.78 Å². The first kappa shape index (κ1) is 19.2. The monoisotopic (exact) mass is 362 g/mol. The number of nitrogens with one attached hydrogen (secondary N) is 1. The van der Waals surface area contributed by atoms with Gasteiger partial charge in [0.1, 0.15) is 0 Å². The smallest absolute Gasteiger partial charge is 0.339 e. The van der Waals surface area contributed by atoms with Crippen LogP contribution in [0, 0.1) is 13.8 Å². The number of likely N-dealkylation sites (N-methyl/N-ethyl adjacent to an activating group) is 1. The third kappa shape index (κ3) is 4.11. The molecule has 0 amide bonds. The quantitative estimate of drug-likeness (QED) is 0.627. The Balaban J connectivity index is 2.19. The van der Waals surface area contributed by atoms with Crippen LogP contribution < -0.4 is 0 Å². The van der Waals surface area contributed by atoms with Crippen LogP contribution in [0.25, 0.3) is 0 Å². The summed E-state index contributed by atoms with van der Waals surface area (Å²) in [7, 11) is 3.22. The second kappa shape index (κ2) is 7.85. The Bertz CT molecular complexity index is 781. The predicted octanol–water partition coefficient (Wildman–Crippen LogP) is 3.77. The second-order valence-electron chi connectivity index (χ2n) is 6.20. The van der Waals surface area contributed by atoms with E-state index in [2.05, 4.69) is 4.98 Å². The Hall–Kier alpha value is -2.11. The molecule has 0 radical (unpaired) electrons. The number of Topliss-reactive ketones (excluding diaryl/α,β-unsaturated/α-hetero) is 1. The Morgan fingerprint density at radius 1 is 1.24 bits per heavy atom. The zero-order valence-corrected chi connectivity index (χ0v) is 15.9. The fraction of sp³-hybridized carbons (Fsp3) is 0.368. The van der Waals surface area contributed by atoms with Crippen molar-refractivity contribution in [3.05, 3.63) is 57.4 Å². The minimum absolute atomic E-state index is 0.0628. The molecule has 1 heterocycles. The van der Waals surface area contributed by atoms with E-state index < -0.39 is 5.97 Å². The van der Waals surface area contributed by atoms with E-state index in [1.807, 2.05) is 43.1 Å². The number of ether oxygens (including phenoxy) is 1. The molecule has 1 N–H and O–H groups in total. The molecule has 1 atom stereocenters. The number of hydrogen-bond donors (Lipinski definition) is 1. The summed E-state index contributed by atoms with van der Waals surface area (Å²) in [5.74, 6) is -0.500. The van der Waals surface area contributed by atoms with Gasteiger partial charge in [-0.05, 0) is 51.1 Å². The topological polar surface area (TPSA) is 62.4 Å². The molecule has 2 rings (SSSR count). The van der Waals surface area contributed by atoms with Gasteiger partial charge in [-0.3, -0.25) is 9.69 Å². The number of esters is 1. The molecule has 1 aromatic carbocycles. The summed E-state index contributed by atoms with van der Waals surface area (Å²) in [4.78, 5) is 29.8. The van der Waals surface area contributed by atoms with Crippen molar-refractivity contribution in [3.63, 3.8) is 0 Å². The van der Waals surface area contributed by atoms with Gasteiger partial charge in [0.05, 0.1) is 24.4 Å². The molecular weight excluding hydrogens is 340 g/mol. The van der Waals surface area contributed by atoms with Crippen molar-refractivity contribution in [1.82, 2.24) is 9.88 Å². The number of methoxy groups -OCH3 is 1. The van der Waals surface area contributed by atoms with E-state index in [4.69, 9.17) is 16.3 Å². The summed E-state index contributed by atoms with van der Waals surface area (Å²) < 4.78 is 4.80. The largest absolute Gasteiger partial charge is 0.465 e. The molecule has 0 aliphatic carbocycles. The minimum atomic E-state index is -0.438. The molecule has 0 bridgehead atoms. The van der Waals surface area contributed by atoms with Crippen molar-refractivity contribution < 1.29 is 14.3 Å². The van der Waals surface area contributed by atoms with Crippen molar-refractivity contribution in [2.24, 2.45) is 0 Å². The molecule has 1 aromatic heterocycles. The van der Waals surface area contributed by atoms with Crippen LogP contribution in [0.2, 0.25) is 5.02 Å². The number of aromatic nitrogens is 1. The van der Waals surface area contributed by atoms with E-state index in [-0.39, 0.29) is 11.8 Å². The first-order valence-corrected chi connectivity index (χ1v) is 8.40. The zero-order valence-electron chi connectivity index (χ0n) is 15.1. The van der Waals surface area contributed by atoms with E-state index in [9.17, 15) is 9.59 Å². The Morgan fingerprint density at radius 3 is 2.40 bits per heavy atom. The summed E-state index contributed by atoms with van der Waals surface area (Å²) in [6.45, 7) is 5.99. The molecule has 25 heavy (non-hydrogen) atoms. The lowest BCUT2D eigenvalue weighted by molar-refractivity contribution is 0.0599. The maximum absolute atomic E-state index is 12.9. The van der Waals surface area contributed by atoms with Crippen LogP contribution in [0.15, 0.2) is 24.3 Å². The number of benzene rings is 1. The fourth-order valence-corrected chi connectivity index (χ4v) is 2.95. The van der Waals surface area contributed by atoms with Crippen LogP contribution >= 0.6 is 11.6 Å². The number of hydrogen-bond acceptors (Lipinski definition) is 4. The number of ketones is 1. The van der Waals surface area contributed by atoms with Crippen molar-refractivity contribution in [2.45, 2.75) is 33.4 Å². The third-order valence-electron chi connectivity index (χ3n) is 4.46. The Morgan fingerprint density at radius 2 is 1.84 bits per heavy atom. The van der Waals surface area contributed by atoms with Gasteiger partial charge in [0, 0.05) is 17.3 Å². The van der Waals surface area contributed by atoms with Gasteiger partial charge in [-0.15, -0.1) is 0 Å². The van der Waals surface area contributed by atoms with E-state index in [0.717, 1.165) is 5.56 Å². The van der Waals surface area contributed by atoms with Crippen LogP contribution in [-0.4, -0.2) is 41.8 Å². The number of aryl methyl sites for hydroxylation is 1. The Labute approximate surface area is 152 Å². The van der Waals surface area contributed by atoms with Crippen LogP contribution in [0.1, 0.15) is 44.6 Å². The fourth-order valence-electron chi connectivity index (χ4n) is 2.83. The van der Waals surface area contributed by atoms with Crippen molar-refractivity contribution in [2.75, 3.05) is 14.2 Å². The molecule has 0 aliphatic rings. The van der Waals surface area contributed by atoms with Gasteiger partial charge in [-0.2, -0.15) is 0 Å². The van der Waals surface area contributed by atoms with Crippen LogP contribution in [0.4, 0.5) is 0 Å². The van der Waals surface area contributed by atoms with Gasteiger partial charge in [-0.1, -0.05) is 23.7 Å². The Kier molecular flexibility index (Phi) is 6.03. The molecular formula is C19H23ClN2O3. The average molecular weight is 363 g/mol. The highest BCUT2D eigenvalue weighted by Crippen LogP contribution is 2.21. The normalized spacial score (nSPS) is 12.3. The number of carbonyl (C=O) groups excluding carboxylic acids is 2. The van der Waals surface area contributed by atoms with Crippen molar-refractivity contribution >= 4 is 23.4 Å². The molecule has 5 nitrogen and oxygen atoms in total. The lowest BCUT2D eigenvalue weighted by atomic mass is 10.0. The highest BCUT2D eigenvalue weighted by atomic mass is 35.5. The molecule has 0 saturated carbocycles. The first-order chi connectivity index (χ1) is 11.8. The molecule has 0 unspecified atom stereocenters. The minimum Gasteiger partial charge on any atom is -0.465 e. The number of nitrogens with zero attached hydrogens (tertiary/aromatic N) is 1. The number of aromatic amines is 1. The van der Waals surface area contributed by atoms with Crippen LogP contribution in [0.5, 0.6) is 0 Å². The second-order valence-corrected chi connectivity index (χ2v) is 6.63. The summed E-state index contributed by atoms with van der Waals surface area (Å²) in [6, 6.07) is 7.19. The SMILES string of the molecule is COC(=O)c1c(C)[nH]c(C(=O)[C@H](C)N(C)Cc2ccc(Cl)cc2)c1C. The number of rotatable bonds is 6. The van der Waals surface area contributed by atoms with E-state index >= 15 is 0 Å². The molecule has 0 fully saturated rings. The maximum Gasteiger partial charge on any atom is 0.339 e. The van der Waals surface area contributed by atoms with Crippen molar-refractivity contribution in [3.8, 4) is 0 Å². The first-order valence-electron chi connectivity index (χ1n) is 8.02. The molecule has 0 aliphatic heterocycles. The molecule has 2 aromatic rings. The molecule has 6 heteroatoms. The van der Waals surface area contributed by atoms with Crippen LogP contribution in [-0.2, 0) is 11.3 Å². The predicted molar refractivity (Wildman–Crippen MR) is 98.3 cm³/mol. The summed E-state index contributed by atoms with van der Waals surface area (Å²) >= 11 is 5.90. The highest BCUT2D eigenvalue weighted by Gasteiger charge is 2.27. The van der Waals surface area contributed by atoms with E-state index in [1.165, 1.54) is 7.11 Å². The van der Waals surface area contributed by atoms with Gasteiger partial charge in [-0.25, -0.2) is 4.79 Å². The number of carbonyl (C=O) groups is 2. The molecule has 0 saturated heterocycles. The van der Waals surface area contributed by atoms with Crippen LogP contribution in [0.3, 0.4) is 0 Å². The standard InChI is InChI=1S/C19H23ClN2O3/c1-11-16(19(24)25-5)12(2)21-17(11)18(23)13(3)22(4)10-14-6-8-15(20)9-7-14/h6-9,13,21H,10H2,1-5H3/t13-/m0/s1. The molecule has 134 valence electrons. The zero-order chi connectivity index (χ0) is 18.7. The average Bonchev–Trinajstić information content (AvgIpc) is 2.89. The van der Waals surface area contributed by atoms with E-state index in [1.54, 1.807) is 13.8 Å². The van der Waals surface area contributed by atoms with Gasteiger partial charge in [0.2, 0.25) is 0 Å². The van der Waals surface area contributed by atoms with Gasteiger partial charge < -0.3 is 9.72 Å². The lowest BCUT2D eigenvalue weighted by Gasteiger charge is -2.23. The number of halogens is 1. The summed E-state index contributed by atoms with van der Waals surface area (Å²) in [5, 5.41) is 0.684. The number of H-pyrrole nitrogens is 1. The van der Waals surface area contributed by atoms with E-state index in [0.29, 0.717) is 34.1 Å². The summed E-state index contributed by atoms with van der Waals surface area (Å²) in [5.41, 5.74) is 3.22. The summed E-state index contributed by atoms with van der Waals surface area (Å²) in [6.07, 6.45) is 0. The lowest BCUT2D eigenvalue weighted by Crippen LogP contribution is -2.36.